The molecule has 1 amide bonds. The summed E-state index contributed by atoms with van der Waals surface area (Å²) in [5.74, 6) is 0.892. The summed E-state index contributed by atoms with van der Waals surface area (Å²) in [6.45, 7) is 5.07. The van der Waals surface area contributed by atoms with E-state index in [0.717, 1.165) is 51.4 Å². The molecule has 0 unspecified atom stereocenters. The molecular weight excluding hydrogens is 419 g/mol. The smallest absolute Gasteiger partial charge is 0.221 e. The molecule has 0 saturated heterocycles. The zero-order valence-electron chi connectivity index (χ0n) is 15.2. The van der Waals surface area contributed by atoms with E-state index >= 15 is 0 Å². The lowest BCUT2D eigenvalue weighted by Crippen LogP contribution is -2.41. The Bertz CT molecular complexity index is 347. The molecule has 6 nitrogen and oxygen atoms in total. The fourth-order valence-electron chi connectivity index (χ4n) is 2.74. The zero-order valence-corrected chi connectivity index (χ0v) is 17.6. The number of nitrogens with one attached hydrogen (secondary N) is 3. The van der Waals surface area contributed by atoms with Crippen LogP contribution in [0.2, 0.25) is 0 Å². The molecule has 0 heterocycles. The van der Waals surface area contributed by atoms with Crippen molar-refractivity contribution >= 4 is 35.8 Å². The first-order chi connectivity index (χ1) is 11.3. The molecule has 0 radical (unpaired) electrons. The molecule has 0 aromatic rings. The summed E-state index contributed by atoms with van der Waals surface area (Å²) in [7, 11) is 1.75. The number of halogens is 1. The quantitative estimate of drug-likeness (QED) is 0.205. The number of amides is 1. The summed E-state index contributed by atoms with van der Waals surface area (Å²) >= 11 is 0. The summed E-state index contributed by atoms with van der Waals surface area (Å²) in [6.07, 6.45) is 8.62. The highest BCUT2D eigenvalue weighted by Crippen LogP contribution is 2.17. The number of rotatable bonds is 10. The number of ether oxygens (including phenoxy) is 1. The molecule has 3 N–H and O–H groups in total. The first-order valence-corrected chi connectivity index (χ1v) is 9.08. The zero-order chi connectivity index (χ0) is 16.8. The number of hydrogen-bond acceptors (Lipinski definition) is 3. The van der Waals surface area contributed by atoms with E-state index < -0.39 is 0 Å². The summed E-state index contributed by atoms with van der Waals surface area (Å²) in [5.41, 5.74) is 0. The van der Waals surface area contributed by atoms with Gasteiger partial charge in [-0.25, -0.2) is 0 Å². The summed E-state index contributed by atoms with van der Waals surface area (Å²) < 4.78 is 5.30. The largest absolute Gasteiger partial charge is 0.382 e. The predicted molar refractivity (Wildman–Crippen MR) is 110 cm³/mol. The van der Waals surface area contributed by atoms with E-state index in [1.54, 1.807) is 7.05 Å². The van der Waals surface area contributed by atoms with Crippen molar-refractivity contribution < 1.29 is 9.53 Å². The molecule has 24 heavy (non-hydrogen) atoms. The standard InChI is InChI=1S/C17H34N4O2.HI/c1-3-23-14-8-7-12-19-17(18-2)20-13-11-16(22)21-15-9-5-4-6-10-15;/h15H,3-14H2,1-2H3,(H,21,22)(H2,18,19,20);1H. The Morgan fingerprint density at radius 2 is 1.83 bits per heavy atom. The monoisotopic (exact) mass is 454 g/mol. The number of guanidine groups is 1. The number of aliphatic imine (C=N–C) groups is 1. The second-order valence-electron chi connectivity index (χ2n) is 5.98. The van der Waals surface area contributed by atoms with Crippen LogP contribution in [0.25, 0.3) is 0 Å². The van der Waals surface area contributed by atoms with Gasteiger partial charge in [0.2, 0.25) is 5.91 Å². The highest BCUT2D eigenvalue weighted by Gasteiger charge is 2.15. The number of carbonyl (C=O) groups is 1. The van der Waals surface area contributed by atoms with Crippen molar-refractivity contribution in [2.75, 3.05) is 33.4 Å². The van der Waals surface area contributed by atoms with Gasteiger partial charge in [-0.3, -0.25) is 9.79 Å². The Morgan fingerprint density at radius 3 is 2.50 bits per heavy atom. The van der Waals surface area contributed by atoms with Gasteiger partial charge in [-0.1, -0.05) is 19.3 Å². The van der Waals surface area contributed by atoms with Crippen molar-refractivity contribution in [3.05, 3.63) is 0 Å². The van der Waals surface area contributed by atoms with Crippen LogP contribution in [0.1, 0.15) is 58.3 Å². The number of hydrogen-bond donors (Lipinski definition) is 3. The third-order valence-corrected chi connectivity index (χ3v) is 4.05. The minimum absolute atomic E-state index is 0. The van der Waals surface area contributed by atoms with Crippen LogP contribution in [-0.4, -0.2) is 51.3 Å². The highest BCUT2D eigenvalue weighted by atomic mass is 127. The van der Waals surface area contributed by atoms with Crippen LogP contribution in [0, 0.1) is 0 Å². The molecule has 1 rings (SSSR count). The van der Waals surface area contributed by atoms with E-state index in [4.69, 9.17) is 4.74 Å². The minimum atomic E-state index is 0. The van der Waals surface area contributed by atoms with Crippen LogP contribution in [0.3, 0.4) is 0 Å². The summed E-state index contributed by atoms with van der Waals surface area (Å²) in [6, 6.07) is 0.388. The van der Waals surface area contributed by atoms with Crippen LogP contribution in [-0.2, 0) is 9.53 Å². The Hall–Kier alpha value is -0.570. The van der Waals surface area contributed by atoms with E-state index in [1.807, 2.05) is 6.92 Å². The van der Waals surface area contributed by atoms with Gasteiger partial charge in [-0.2, -0.15) is 0 Å². The first-order valence-electron chi connectivity index (χ1n) is 9.08. The normalized spacial score (nSPS) is 15.5. The average Bonchev–Trinajstić information content (AvgIpc) is 2.57. The lowest BCUT2D eigenvalue weighted by atomic mass is 9.95. The molecule has 0 spiro atoms. The van der Waals surface area contributed by atoms with Gasteiger partial charge in [0.15, 0.2) is 5.96 Å². The molecule has 0 aliphatic heterocycles. The maximum absolute atomic E-state index is 11.9. The fourth-order valence-corrected chi connectivity index (χ4v) is 2.74. The molecular formula is C17H35IN4O2. The maximum Gasteiger partial charge on any atom is 0.221 e. The van der Waals surface area contributed by atoms with Gasteiger partial charge in [0.25, 0.3) is 0 Å². The van der Waals surface area contributed by atoms with Crippen molar-refractivity contribution in [2.45, 2.75) is 64.3 Å². The average molecular weight is 454 g/mol. The predicted octanol–water partition coefficient (Wildman–Crippen LogP) is 2.43. The van der Waals surface area contributed by atoms with E-state index in [9.17, 15) is 4.79 Å². The lowest BCUT2D eigenvalue weighted by Gasteiger charge is -2.22. The third kappa shape index (κ3) is 11.9. The molecule has 1 saturated carbocycles. The van der Waals surface area contributed by atoms with Crippen LogP contribution in [0.4, 0.5) is 0 Å². The second kappa shape index (κ2) is 15.9. The number of unbranched alkanes of at least 4 members (excludes halogenated alkanes) is 1. The van der Waals surface area contributed by atoms with Gasteiger partial charge in [-0.05, 0) is 32.6 Å². The van der Waals surface area contributed by atoms with Crippen molar-refractivity contribution in [2.24, 2.45) is 4.99 Å². The number of carbonyl (C=O) groups excluding carboxylic acids is 1. The fraction of sp³-hybridized carbons (Fsp3) is 0.882. The Kier molecular flexibility index (Phi) is 15.6. The van der Waals surface area contributed by atoms with E-state index in [1.165, 1.54) is 19.3 Å². The van der Waals surface area contributed by atoms with Crippen molar-refractivity contribution in [1.82, 2.24) is 16.0 Å². The SMILES string of the molecule is CCOCCCCNC(=NC)NCCC(=O)NC1CCCCC1.I. The molecule has 0 aromatic carbocycles. The Labute approximate surface area is 164 Å². The van der Waals surface area contributed by atoms with Crippen LogP contribution >= 0.6 is 24.0 Å². The van der Waals surface area contributed by atoms with Gasteiger partial charge in [0.1, 0.15) is 0 Å². The second-order valence-corrected chi connectivity index (χ2v) is 5.98. The third-order valence-electron chi connectivity index (χ3n) is 4.05. The molecule has 0 bridgehead atoms. The summed E-state index contributed by atoms with van der Waals surface area (Å²) in [4.78, 5) is 16.1. The van der Waals surface area contributed by atoms with Crippen molar-refractivity contribution in [3.63, 3.8) is 0 Å². The van der Waals surface area contributed by atoms with Gasteiger partial charge >= 0.3 is 0 Å². The molecule has 1 fully saturated rings. The molecule has 1 aliphatic rings. The molecule has 1 aliphatic carbocycles. The summed E-state index contributed by atoms with van der Waals surface area (Å²) in [5, 5.41) is 9.57. The van der Waals surface area contributed by atoms with Crippen LogP contribution in [0.5, 0.6) is 0 Å². The van der Waals surface area contributed by atoms with Crippen LogP contribution in [0.15, 0.2) is 4.99 Å². The van der Waals surface area contributed by atoms with Gasteiger partial charge < -0.3 is 20.7 Å². The van der Waals surface area contributed by atoms with E-state index in [0.29, 0.717) is 19.0 Å². The Morgan fingerprint density at radius 1 is 1.12 bits per heavy atom. The molecule has 0 aromatic heterocycles. The number of nitrogens with zero attached hydrogens (tertiary/aromatic N) is 1. The first kappa shape index (κ1) is 23.4. The topological polar surface area (TPSA) is 74.8 Å². The maximum atomic E-state index is 11.9. The minimum Gasteiger partial charge on any atom is -0.382 e. The van der Waals surface area contributed by atoms with E-state index in [-0.39, 0.29) is 29.9 Å². The van der Waals surface area contributed by atoms with Gasteiger partial charge in [-0.15, -0.1) is 24.0 Å². The lowest BCUT2D eigenvalue weighted by molar-refractivity contribution is -0.121. The molecule has 0 atom stereocenters. The molecule has 142 valence electrons. The van der Waals surface area contributed by atoms with E-state index in [2.05, 4.69) is 20.9 Å². The van der Waals surface area contributed by atoms with Crippen molar-refractivity contribution in [3.8, 4) is 0 Å². The van der Waals surface area contributed by atoms with Gasteiger partial charge in [0, 0.05) is 45.8 Å². The molecule has 7 heteroatoms. The van der Waals surface area contributed by atoms with Crippen LogP contribution < -0.4 is 16.0 Å². The van der Waals surface area contributed by atoms with Crippen molar-refractivity contribution in [1.29, 1.82) is 0 Å². The van der Waals surface area contributed by atoms with Gasteiger partial charge in [0.05, 0.1) is 0 Å². The Balaban J connectivity index is 0.00000529. The highest BCUT2D eigenvalue weighted by molar-refractivity contribution is 14.0.